The van der Waals surface area contributed by atoms with Crippen LogP contribution in [0.1, 0.15) is 53.5 Å². The number of anilines is 1. The monoisotopic (exact) mass is 399 g/mol. The summed E-state index contributed by atoms with van der Waals surface area (Å²) < 4.78 is 14.0. The van der Waals surface area contributed by atoms with Crippen LogP contribution in [-0.2, 0) is 11.3 Å². The van der Waals surface area contributed by atoms with Crippen LogP contribution in [0.25, 0.3) is 11.1 Å². The second-order valence-electron chi connectivity index (χ2n) is 7.46. The zero-order chi connectivity index (χ0) is 20.5. The van der Waals surface area contributed by atoms with E-state index in [0.29, 0.717) is 24.7 Å². The van der Waals surface area contributed by atoms with Crippen molar-refractivity contribution in [3.8, 4) is 0 Å². The van der Waals surface area contributed by atoms with Gasteiger partial charge < -0.3 is 14.5 Å². The number of hydrogen-bond acceptors (Lipinski definition) is 6. The van der Waals surface area contributed by atoms with Gasteiger partial charge in [-0.1, -0.05) is 12.8 Å². The molecule has 3 aromatic rings. The first-order valence-electron chi connectivity index (χ1n) is 9.84. The Morgan fingerprint density at radius 2 is 2.10 bits per heavy atom. The number of methoxy groups -OCH3 is 1. The van der Waals surface area contributed by atoms with Crippen LogP contribution in [0.5, 0.6) is 0 Å². The lowest BCUT2D eigenvalue weighted by Gasteiger charge is -2.14. The molecule has 9 heteroatoms. The first-order chi connectivity index (χ1) is 14.0. The van der Waals surface area contributed by atoms with Crippen molar-refractivity contribution in [3.63, 3.8) is 0 Å². The van der Waals surface area contributed by atoms with Gasteiger partial charge in [-0.15, -0.1) is 0 Å². The lowest BCUT2D eigenvalue weighted by atomic mass is 10.1. The SMILES string of the molecule is COCCn1cnc2oc(C)c(C(=O)Nc3cc(C)nn3C3CCCC3)c2c1=O. The van der Waals surface area contributed by atoms with E-state index in [-0.39, 0.29) is 28.3 Å². The van der Waals surface area contributed by atoms with Crippen molar-refractivity contribution in [1.82, 2.24) is 19.3 Å². The van der Waals surface area contributed by atoms with Crippen LogP contribution >= 0.6 is 0 Å². The molecule has 0 atom stereocenters. The summed E-state index contributed by atoms with van der Waals surface area (Å²) in [5.74, 6) is 0.593. The fraction of sp³-hybridized carbons (Fsp3) is 0.500. The van der Waals surface area contributed by atoms with Gasteiger partial charge in [0, 0.05) is 13.2 Å². The van der Waals surface area contributed by atoms with Crippen LogP contribution in [0.15, 0.2) is 21.6 Å². The number of furan rings is 1. The van der Waals surface area contributed by atoms with Crippen molar-refractivity contribution in [1.29, 1.82) is 0 Å². The zero-order valence-electron chi connectivity index (χ0n) is 16.9. The number of aryl methyl sites for hydroxylation is 2. The number of nitrogens with zero attached hydrogens (tertiary/aromatic N) is 4. The van der Waals surface area contributed by atoms with Crippen LogP contribution in [0, 0.1) is 13.8 Å². The Kier molecular flexibility index (Phi) is 5.23. The van der Waals surface area contributed by atoms with Crippen molar-refractivity contribution in [2.75, 3.05) is 19.0 Å². The van der Waals surface area contributed by atoms with Gasteiger partial charge >= 0.3 is 0 Å². The Bertz CT molecular complexity index is 1100. The molecule has 0 aromatic carbocycles. The predicted octanol–water partition coefficient (Wildman–Crippen LogP) is 2.82. The maximum atomic E-state index is 13.2. The van der Waals surface area contributed by atoms with Gasteiger partial charge in [0.05, 0.1) is 30.5 Å². The van der Waals surface area contributed by atoms with E-state index in [1.807, 2.05) is 17.7 Å². The van der Waals surface area contributed by atoms with Crippen molar-refractivity contribution < 1.29 is 13.9 Å². The number of rotatable bonds is 6. The van der Waals surface area contributed by atoms with Crippen LogP contribution in [0.4, 0.5) is 5.82 Å². The molecule has 9 nitrogen and oxygen atoms in total. The number of fused-ring (bicyclic) bond motifs is 1. The van der Waals surface area contributed by atoms with E-state index < -0.39 is 5.91 Å². The average Bonchev–Trinajstić information content (AvgIpc) is 3.40. The van der Waals surface area contributed by atoms with Gasteiger partial charge in [-0.3, -0.25) is 14.2 Å². The molecule has 1 saturated carbocycles. The number of carbonyl (C=O) groups is 1. The number of ether oxygens (including phenoxy) is 1. The Morgan fingerprint density at radius 3 is 2.83 bits per heavy atom. The van der Waals surface area contributed by atoms with E-state index in [9.17, 15) is 9.59 Å². The predicted molar refractivity (Wildman–Crippen MR) is 107 cm³/mol. The summed E-state index contributed by atoms with van der Waals surface area (Å²) in [5, 5.41) is 7.68. The minimum absolute atomic E-state index is 0.159. The van der Waals surface area contributed by atoms with Gasteiger partial charge in [-0.2, -0.15) is 5.10 Å². The number of hydrogen-bond donors (Lipinski definition) is 1. The van der Waals surface area contributed by atoms with E-state index in [1.165, 1.54) is 10.9 Å². The summed E-state index contributed by atoms with van der Waals surface area (Å²) in [4.78, 5) is 30.3. The molecule has 29 heavy (non-hydrogen) atoms. The Hall–Kier alpha value is -2.94. The summed E-state index contributed by atoms with van der Waals surface area (Å²) in [6, 6.07) is 2.14. The summed E-state index contributed by atoms with van der Waals surface area (Å²) in [7, 11) is 1.56. The lowest BCUT2D eigenvalue weighted by Crippen LogP contribution is -2.25. The smallest absolute Gasteiger partial charge is 0.265 e. The minimum Gasteiger partial charge on any atom is -0.442 e. The molecule has 0 bridgehead atoms. The van der Waals surface area contributed by atoms with Gasteiger partial charge in [0.2, 0.25) is 5.71 Å². The standard InChI is InChI=1S/C20H25N5O4/c1-12-10-15(25(23-12)14-6-4-5-7-14)22-18(26)16-13(2)29-19-17(16)20(27)24(11-21-19)8-9-28-3/h10-11,14H,4-9H2,1-3H3,(H,22,26). The third kappa shape index (κ3) is 3.57. The quantitative estimate of drug-likeness (QED) is 0.683. The fourth-order valence-corrected chi connectivity index (χ4v) is 3.98. The van der Waals surface area contributed by atoms with E-state index >= 15 is 0 Å². The van der Waals surface area contributed by atoms with E-state index in [4.69, 9.17) is 9.15 Å². The molecule has 1 aliphatic carbocycles. The van der Waals surface area contributed by atoms with E-state index in [2.05, 4.69) is 15.4 Å². The maximum absolute atomic E-state index is 13.2. The van der Waals surface area contributed by atoms with E-state index in [1.54, 1.807) is 14.0 Å². The van der Waals surface area contributed by atoms with Crippen molar-refractivity contribution >= 4 is 22.8 Å². The van der Waals surface area contributed by atoms with Gasteiger partial charge in [-0.05, 0) is 26.7 Å². The molecular weight excluding hydrogens is 374 g/mol. The summed E-state index contributed by atoms with van der Waals surface area (Å²) in [6.45, 7) is 4.27. The topological polar surface area (TPSA) is 104 Å². The van der Waals surface area contributed by atoms with Gasteiger partial charge in [0.1, 0.15) is 23.3 Å². The van der Waals surface area contributed by atoms with E-state index in [0.717, 1.165) is 31.4 Å². The molecule has 154 valence electrons. The normalized spacial score (nSPS) is 14.7. The van der Waals surface area contributed by atoms with Crippen LogP contribution in [0.3, 0.4) is 0 Å². The third-order valence-electron chi connectivity index (χ3n) is 5.39. The van der Waals surface area contributed by atoms with Gasteiger partial charge in [0.15, 0.2) is 0 Å². The van der Waals surface area contributed by atoms with Crippen molar-refractivity contribution in [3.05, 3.63) is 39.8 Å². The highest BCUT2D eigenvalue weighted by Crippen LogP contribution is 2.32. The number of amides is 1. The molecule has 0 radical (unpaired) electrons. The molecular formula is C20H25N5O4. The maximum Gasteiger partial charge on any atom is 0.265 e. The molecule has 0 unspecified atom stereocenters. The van der Waals surface area contributed by atoms with Crippen molar-refractivity contribution in [2.45, 2.75) is 52.1 Å². The largest absolute Gasteiger partial charge is 0.442 e. The first-order valence-corrected chi connectivity index (χ1v) is 9.84. The molecule has 1 amide bonds. The molecule has 3 heterocycles. The highest BCUT2D eigenvalue weighted by atomic mass is 16.5. The van der Waals surface area contributed by atoms with Crippen LogP contribution < -0.4 is 10.9 Å². The molecule has 1 fully saturated rings. The Morgan fingerprint density at radius 1 is 1.34 bits per heavy atom. The Labute approximate surface area is 167 Å². The summed E-state index contributed by atoms with van der Waals surface area (Å²) in [5.41, 5.74) is 0.881. The molecule has 1 N–H and O–H groups in total. The summed E-state index contributed by atoms with van der Waals surface area (Å²) >= 11 is 0. The van der Waals surface area contributed by atoms with Crippen molar-refractivity contribution in [2.24, 2.45) is 0 Å². The molecule has 1 aliphatic rings. The number of carbonyl (C=O) groups excluding carboxylic acids is 1. The second kappa shape index (κ2) is 7.82. The molecule has 0 saturated heterocycles. The van der Waals surface area contributed by atoms with Gasteiger partial charge in [0.25, 0.3) is 11.5 Å². The average molecular weight is 399 g/mol. The Balaban J connectivity index is 1.71. The molecule has 3 aromatic heterocycles. The molecule has 4 rings (SSSR count). The summed E-state index contributed by atoms with van der Waals surface area (Å²) in [6.07, 6.45) is 5.83. The number of aromatic nitrogens is 4. The highest BCUT2D eigenvalue weighted by Gasteiger charge is 2.26. The minimum atomic E-state index is -0.399. The second-order valence-corrected chi connectivity index (χ2v) is 7.46. The number of nitrogens with one attached hydrogen (secondary N) is 1. The molecule has 0 aliphatic heterocycles. The zero-order valence-corrected chi connectivity index (χ0v) is 16.9. The van der Waals surface area contributed by atoms with Crippen LogP contribution in [-0.4, -0.2) is 39.0 Å². The fourth-order valence-electron chi connectivity index (χ4n) is 3.98. The third-order valence-corrected chi connectivity index (χ3v) is 5.39. The first kappa shape index (κ1) is 19.4. The lowest BCUT2D eigenvalue weighted by molar-refractivity contribution is 0.102. The van der Waals surface area contributed by atoms with Crippen LogP contribution in [0.2, 0.25) is 0 Å². The highest BCUT2D eigenvalue weighted by molar-refractivity contribution is 6.12. The van der Waals surface area contributed by atoms with Gasteiger partial charge in [-0.25, -0.2) is 9.67 Å². The molecule has 0 spiro atoms.